The third-order valence-corrected chi connectivity index (χ3v) is 5.87. The van der Waals surface area contributed by atoms with Crippen molar-refractivity contribution in [1.82, 2.24) is 15.0 Å². The molecular weight excluding hydrogens is 409 g/mol. The second kappa shape index (κ2) is 6.91. The molecule has 3 N–H and O–H groups in total. The number of carbonyl (C=O) groups excluding carboxylic acids is 1. The summed E-state index contributed by atoms with van der Waals surface area (Å²) in [6.45, 7) is 3.18. The van der Waals surface area contributed by atoms with E-state index in [0.29, 0.717) is 35.7 Å². The molecule has 3 aromatic heterocycles. The van der Waals surface area contributed by atoms with Crippen molar-refractivity contribution >= 4 is 39.8 Å². The number of benzene rings is 1. The Balaban J connectivity index is 1.48. The number of carbonyl (C=O) groups is 1. The second-order valence-electron chi connectivity index (χ2n) is 7.83. The minimum atomic E-state index is -0.489. The maximum absolute atomic E-state index is 15.0. The zero-order chi connectivity index (χ0) is 21.8. The van der Waals surface area contributed by atoms with Gasteiger partial charge in [0.2, 0.25) is 5.88 Å². The van der Waals surface area contributed by atoms with Gasteiger partial charge in [-0.2, -0.15) is 0 Å². The molecule has 0 saturated carbocycles. The summed E-state index contributed by atoms with van der Waals surface area (Å²) in [5.41, 5.74) is 5.85. The van der Waals surface area contributed by atoms with Gasteiger partial charge in [0.1, 0.15) is 18.1 Å². The first-order valence-corrected chi connectivity index (χ1v) is 10.2. The van der Waals surface area contributed by atoms with Crippen molar-refractivity contribution in [3.63, 3.8) is 0 Å². The van der Waals surface area contributed by atoms with Crippen LogP contribution in [0.4, 0.5) is 15.8 Å². The van der Waals surface area contributed by atoms with E-state index in [2.05, 4.69) is 25.6 Å². The summed E-state index contributed by atoms with van der Waals surface area (Å²) >= 11 is 0. The molecule has 0 aliphatic carbocycles. The number of anilines is 2. The van der Waals surface area contributed by atoms with Gasteiger partial charge in [-0.1, -0.05) is 0 Å². The molecule has 8 heteroatoms. The molecule has 0 fully saturated rings. The van der Waals surface area contributed by atoms with Crippen molar-refractivity contribution < 1.29 is 13.9 Å². The van der Waals surface area contributed by atoms with Crippen molar-refractivity contribution in [1.29, 1.82) is 0 Å². The average Bonchev–Trinajstić information content (AvgIpc) is 3.35. The van der Waals surface area contributed by atoms with Crippen LogP contribution in [0.25, 0.3) is 33.7 Å². The van der Waals surface area contributed by atoms with Gasteiger partial charge in [0.15, 0.2) is 0 Å². The summed E-state index contributed by atoms with van der Waals surface area (Å²) in [6, 6.07) is 7.07. The fourth-order valence-electron chi connectivity index (χ4n) is 4.29. The molecule has 2 aliphatic heterocycles. The topological polar surface area (TPSA) is 91.9 Å². The van der Waals surface area contributed by atoms with E-state index in [4.69, 9.17) is 4.74 Å². The maximum Gasteiger partial charge on any atom is 0.256 e. The Hall–Kier alpha value is -4.20. The van der Waals surface area contributed by atoms with Gasteiger partial charge in [0.05, 0.1) is 23.0 Å². The van der Waals surface area contributed by atoms with E-state index in [1.807, 2.05) is 25.1 Å². The molecule has 1 aromatic carbocycles. The quantitative estimate of drug-likeness (QED) is 0.413. The Morgan fingerprint density at radius 1 is 1.16 bits per heavy atom. The SMILES string of the molecule is Cc1c(-c2cc(F)c3c(c2)C(=Cc2cc4ccncc4[nH]2)C(=O)N3)cnc2c1NCCO2. The number of fused-ring (bicyclic) bond motifs is 3. The molecule has 0 bridgehead atoms. The van der Waals surface area contributed by atoms with Gasteiger partial charge < -0.3 is 20.4 Å². The lowest BCUT2D eigenvalue weighted by molar-refractivity contribution is -0.110. The normalized spacial score (nSPS) is 15.8. The summed E-state index contributed by atoms with van der Waals surface area (Å²) < 4.78 is 20.6. The number of nitrogens with zero attached hydrogens (tertiary/aromatic N) is 2. The van der Waals surface area contributed by atoms with E-state index in [-0.39, 0.29) is 11.6 Å². The van der Waals surface area contributed by atoms with E-state index >= 15 is 4.39 Å². The van der Waals surface area contributed by atoms with Gasteiger partial charge >= 0.3 is 0 Å². The Morgan fingerprint density at radius 3 is 2.94 bits per heavy atom. The highest BCUT2D eigenvalue weighted by atomic mass is 19.1. The number of halogens is 1. The highest BCUT2D eigenvalue weighted by molar-refractivity contribution is 6.35. The lowest BCUT2D eigenvalue weighted by Crippen LogP contribution is -2.20. The lowest BCUT2D eigenvalue weighted by atomic mass is 9.96. The number of amides is 1. The zero-order valence-electron chi connectivity index (χ0n) is 17.1. The van der Waals surface area contributed by atoms with Gasteiger partial charge in [-0.3, -0.25) is 9.78 Å². The van der Waals surface area contributed by atoms with Crippen LogP contribution in [0.15, 0.2) is 42.9 Å². The number of ether oxygens (including phenoxy) is 1. The number of aromatic nitrogens is 3. The summed E-state index contributed by atoms with van der Waals surface area (Å²) in [6.07, 6.45) is 6.85. The van der Waals surface area contributed by atoms with Gasteiger partial charge in [0.25, 0.3) is 5.91 Å². The fraction of sp³-hybridized carbons (Fsp3) is 0.125. The number of rotatable bonds is 2. The van der Waals surface area contributed by atoms with Crippen LogP contribution in [0.2, 0.25) is 0 Å². The number of H-pyrrole nitrogens is 1. The predicted octanol–water partition coefficient (Wildman–Crippen LogP) is 4.37. The van der Waals surface area contributed by atoms with Crippen molar-refractivity contribution in [2.45, 2.75) is 6.92 Å². The van der Waals surface area contributed by atoms with E-state index in [0.717, 1.165) is 33.4 Å². The van der Waals surface area contributed by atoms with Crippen LogP contribution < -0.4 is 15.4 Å². The summed E-state index contributed by atoms with van der Waals surface area (Å²) in [4.78, 5) is 24.4. The minimum absolute atomic E-state index is 0.188. The van der Waals surface area contributed by atoms with Crippen LogP contribution >= 0.6 is 0 Å². The monoisotopic (exact) mass is 427 g/mol. The highest BCUT2D eigenvalue weighted by Gasteiger charge is 2.29. The Morgan fingerprint density at radius 2 is 2.06 bits per heavy atom. The third kappa shape index (κ3) is 2.84. The van der Waals surface area contributed by atoms with E-state index in [9.17, 15) is 4.79 Å². The Bertz CT molecular complexity index is 1420. The first kappa shape index (κ1) is 18.6. The predicted molar refractivity (Wildman–Crippen MR) is 121 cm³/mol. The van der Waals surface area contributed by atoms with E-state index in [1.165, 1.54) is 6.07 Å². The van der Waals surface area contributed by atoms with Crippen LogP contribution in [-0.2, 0) is 4.79 Å². The largest absolute Gasteiger partial charge is 0.474 e. The second-order valence-corrected chi connectivity index (χ2v) is 7.83. The molecule has 4 aromatic rings. The minimum Gasteiger partial charge on any atom is -0.474 e. The maximum atomic E-state index is 15.0. The molecule has 7 nitrogen and oxygen atoms in total. The third-order valence-electron chi connectivity index (χ3n) is 5.87. The highest BCUT2D eigenvalue weighted by Crippen LogP contribution is 2.41. The number of hydrogen-bond acceptors (Lipinski definition) is 5. The number of nitrogens with one attached hydrogen (secondary N) is 3. The van der Waals surface area contributed by atoms with Crippen LogP contribution in [0, 0.1) is 12.7 Å². The summed E-state index contributed by atoms with van der Waals surface area (Å²) in [5.74, 6) is -0.288. The number of aromatic amines is 1. The molecule has 5 heterocycles. The molecule has 2 aliphatic rings. The Labute approximate surface area is 182 Å². The van der Waals surface area contributed by atoms with Crippen LogP contribution in [0.1, 0.15) is 16.8 Å². The van der Waals surface area contributed by atoms with E-state index in [1.54, 1.807) is 24.7 Å². The van der Waals surface area contributed by atoms with Gasteiger partial charge in [-0.05, 0) is 48.4 Å². The summed E-state index contributed by atoms with van der Waals surface area (Å²) in [7, 11) is 0. The van der Waals surface area contributed by atoms with Crippen molar-refractivity contribution in [3.8, 4) is 17.0 Å². The molecule has 32 heavy (non-hydrogen) atoms. The molecule has 0 unspecified atom stereocenters. The lowest BCUT2D eigenvalue weighted by Gasteiger charge is -2.21. The van der Waals surface area contributed by atoms with Crippen molar-refractivity contribution in [2.24, 2.45) is 0 Å². The van der Waals surface area contributed by atoms with Gasteiger partial charge in [-0.15, -0.1) is 0 Å². The molecule has 0 radical (unpaired) electrons. The molecule has 1 amide bonds. The molecule has 158 valence electrons. The van der Waals surface area contributed by atoms with Crippen LogP contribution in [0.3, 0.4) is 0 Å². The van der Waals surface area contributed by atoms with Crippen LogP contribution in [0.5, 0.6) is 5.88 Å². The summed E-state index contributed by atoms with van der Waals surface area (Å²) in [5, 5.41) is 6.94. The standard InChI is InChI=1S/C24H18FN5O2/c1-12-18(10-28-24-21(12)27-4-5-32-24)14-7-16-17(23(31)30-22(16)19(25)8-14)9-15-6-13-2-3-26-11-20(13)29-15/h2-3,6-11,27,29H,4-5H2,1H3,(H,30,31). The zero-order valence-corrected chi connectivity index (χ0v) is 17.1. The molecule has 0 spiro atoms. The van der Waals surface area contributed by atoms with Crippen molar-refractivity contribution in [3.05, 3.63) is 65.5 Å². The van der Waals surface area contributed by atoms with E-state index < -0.39 is 5.82 Å². The number of pyridine rings is 2. The average molecular weight is 427 g/mol. The fourth-order valence-corrected chi connectivity index (χ4v) is 4.29. The molecular formula is C24H18FN5O2. The van der Waals surface area contributed by atoms with Gasteiger partial charge in [-0.25, -0.2) is 9.37 Å². The van der Waals surface area contributed by atoms with Gasteiger partial charge in [0, 0.05) is 41.1 Å². The molecule has 6 rings (SSSR count). The molecule has 0 saturated heterocycles. The molecule has 0 atom stereocenters. The van der Waals surface area contributed by atoms with Crippen LogP contribution in [-0.4, -0.2) is 34.0 Å². The Kier molecular flexibility index (Phi) is 4.01. The first-order chi connectivity index (χ1) is 15.6. The number of hydrogen-bond donors (Lipinski definition) is 3. The van der Waals surface area contributed by atoms with Crippen molar-refractivity contribution in [2.75, 3.05) is 23.8 Å². The smallest absolute Gasteiger partial charge is 0.256 e. The first-order valence-electron chi connectivity index (χ1n) is 10.2.